The lowest BCUT2D eigenvalue weighted by Crippen LogP contribution is -2.33. The van der Waals surface area contributed by atoms with Gasteiger partial charge in [-0.15, -0.1) is 0 Å². The molecule has 0 amide bonds. The van der Waals surface area contributed by atoms with Crippen LogP contribution in [0.5, 0.6) is 0 Å². The Morgan fingerprint density at radius 3 is 2.45 bits per heavy atom. The van der Waals surface area contributed by atoms with Gasteiger partial charge in [-0.05, 0) is 6.42 Å². The van der Waals surface area contributed by atoms with Gasteiger partial charge in [-0.3, -0.25) is 10.2 Å². The van der Waals surface area contributed by atoms with Gasteiger partial charge in [0.15, 0.2) is 0 Å². The molecule has 0 rings (SSSR count). The van der Waals surface area contributed by atoms with E-state index in [4.69, 9.17) is 10.2 Å². The highest BCUT2D eigenvalue weighted by Crippen LogP contribution is 1.87. The van der Waals surface area contributed by atoms with Gasteiger partial charge in [0.05, 0.1) is 13.5 Å². The van der Waals surface area contributed by atoms with Crippen LogP contribution < -0.4 is 5.32 Å². The van der Waals surface area contributed by atoms with Crippen LogP contribution in [-0.2, 0) is 0 Å². The van der Waals surface area contributed by atoms with Crippen LogP contribution in [0.3, 0.4) is 0 Å². The molecule has 0 radical (unpaired) electrons. The van der Waals surface area contributed by atoms with Crippen LogP contribution in [0.1, 0.15) is 13.3 Å². The van der Waals surface area contributed by atoms with Gasteiger partial charge in [0.1, 0.15) is 0 Å². The van der Waals surface area contributed by atoms with Crippen molar-refractivity contribution in [3.8, 4) is 0 Å². The quantitative estimate of drug-likeness (QED) is 0.338. The van der Waals surface area contributed by atoms with Crippen LogP contribution in [0.2, 0.25) is 0 Å². The van der Waals surface area contributed by atoms with Crippen molar-refractivity contribution in [1.29, 1.82) is 0 Å². The SMILES string of the molecule is CCCN(CO)CCNCO. The Hall–Kier alpha value is -0.160. The van der Waals surface area contributed by atoms with Crippen molar-refractivity contribution in [3.05, 3.63) is 0 Å². The van der Waals surface area contributed by atoms with E-state index < -0.39 is 0 Å². The first-order chi connectivity index (χ1) is 5.35. The smallest absolute Gasteiger partial charge is 0.0956 e. The Morgan fingerprint density at radius 2 is 2.00 bits per heavy atom. The van der Waals surface area contributed by atoms with E-state index in [2.05, 4.69) is 12.2 Å². The van der Waals surface area contributed by atoms with Crippen molar-refractivity contribution in [3.63, 3.8) is 0 Å². The molecule has 0 spiro atoms. The topological polar surface area (TPSA) is 55.7 Å². The highest BCUT2D eigenvalue weighted by molar-refractivity contribution is 4.52. The first-order valence-electron chi connectivity index (χ1n) is 4.00. The lowest BCUT2D eigenvalue weighted by molar-refractivity contribution is 0.105. The second-order valence-electron chi connectivity index (χ2n) is 2.42. The minimum absolute atomic E-state index is 0.00535. The molecule has 0 aromatic rings. The largest absolute Gasteiger partial charge is 0.381 e. The van der Waals surface area contributed by atoms with Crippen molar-refractivity contribution >= 4 is 0 Å². The van der Waals surface area contributed by atoms with Crippen molar-refractivity contribution in [1.82, 2.24) is 10.2 Å². The normalized spacial score (nSPS) is 10.9. The van der Waals surface area contributed by atoms with Crippen LogP contribution in [0.4, 0.5) is 0 Å². The van der Waals surface area contributed by atoms with Crippen LogP contribution in [0.15, 0.2) is 0 Å². The minimum atomic E-state index is 0.00535. The number of nitrogens with zero attached hydrogens (tertiary/aromatic N) is 1. The molecule has 3 N–H and O–H groups in total. The van der Waals surface area contributed by atoms with E-state index >= 15 is 0 Å². The molecule has 0 aliphatic carbocycles. The van der Waals surface area contributed by atoms with Gasteiger partial charge in [-0.2, -0.15) is 0 Å². The molecule has 0 atom stereocenters. The Morgan fingerprint density at radius 1 is 1.27 bits per heavy atom. The van der Waals surface area contributed by atoms with E-state index in [1.54, 1.807) is 0 Å². The summed E-state index contributed by atoms with van der Waals surface area (Å²) in [6, 6.07) is 0. The molecule has 0 saturated heterocycles. The van der Waals surface area contributed by atoms with Gasteiger partial charge in [-0.1, -0.05) is 6.92 Å². The maximum absolute atomic E-state index is 8.79. The van der Waals surface area contributed by atoms with E-state index in [1.165, 1.54) is 0 Å². The summed E-state index contributed by atoms with van der Waals surface area (Å²) in [4.78, 5) is 1.92. The summed E-state index contributed by atoms with van der Waals surface area (Å²) in [6.07, 6.45) is 1.04. The second-order valence-corrected chi connectivity index (χ2v) is 2.42. The molecule has 0 heterocycles. The number of hydrogen-bond acceptors (Lipinski definition) is 4. The minimum Gasteiger partial charge on any atom is -0.381 e. The lowest BCUT2D eigenvalue weighted by atomic mass is 10.4. The fraction of sp³-hybridized carbons (Fsp3) is 1.00. The van der Waals surface area contributed by atoms with Gasteiger partial charge >= 0.3 is 0 Å². The van der Waals surface area contributed by atoms with Crippen LogP contribution >= 0.6 is 0 Å². The Kier molecular flexibility index (Phi) is 7.83. The number of aliphatic hydroxyl groups excluding tert-OH is 2. The monoisotopic (exact) mass is 162 g/mol. The molecule has 0 aliphatic heterocycles. The van der Waals surface area contributed by atoms with Crippen molar-refractivity contribution in [2.24, 2.45) is 0 Å². The van der Waals surface area contributed by atoms with Gasteiger partial charge in [0.2, 0.25) is 0 Å². The zero-order valence-electron chi connectivity index (χ0n) is 7.08. The molecule has 11 heavy (non-hydrogen) atoms. The maximum Gasteiger partial charge on any atom is 0.0956 e. The predicted molar refractivity (Wildman–Crippen MR) is 44.0 cm³/mol. The van der Waals surface area contributed by atoms with E-state index in [0.717, 1.165) is 26.1 Å². The fourth-order valence-electron chi connectivity index (χ4n) is 0.886. The highest BCUT2D eigenvalue weighted by atomic mass is 16.3. The Labute approximate surface area is 67.8 Å². The number of hydrogen-bond donors (Lipinski definition) is 3. The molecule has 0 bridgehead atoms. The Balaban J connectivity index is 3.20. The number of nitrogens with one attached hydrogen (secondary N) is 1. The first-order valence-corrected chi connectivity index (χ1v) is 4.00. The molecule has 0 saturated carbocycles. The highest BCUT2D eigenvalue weighted by Gasteiger charge is 1.98. The third-order valence-electron chi connectivity index (χ3n) is 1.46. The molecule has 0 aliphatic rings. The van der Waals surface area contributed by atoms with Gasteiger partial charge < -0.3 is 10.2 Å². The molecule has 0 unspecified atom stereocenters. The fourth-order valence-corrected chi connectivity index (χ4v) is 0.886. The van der Waals surface area contributed by atoms with E-state index in [9.17, 15) is 0 Å². The standard InChI is InChI=1S/C7H18N2O2/c1-2-4-9(7-11)5-3-8-6-10/h8,10-11H,2-7H2,1H3. The van der Waals surface area contributed by atoms with Crippen LogP contribution in [0.25, 0.3) is 0 Å². The summed E-state index contributed by atoms with van der Waals surface area (Å²) < 4.78 is 0. The van der Waals surface area contributed by atoms with E-state index in [1.807, 2.05) is 4.90 Å². The third-order valence-corrected chi connectivity index (χ3v) is 1.46. The summed E-state index contributed by atoms with van der Waals surface area (Å²) in [5.74, 6) is 0. The molecular formula is C7H18N2O2. The number of aliphatic hydroxyl groups is 2. The molecule has 4 heteroatoms. The molecular weight excluding hydrogens is 144 g/mol. The summed E-state index contributed by atoms with van der Waals surface area (Å²) >= 11 is 0. The molecule has 0 fully saturated rings. The summed E-state index contributed by atoms with van der Waals surface area (Å²) in [7, 11) is 0. The van der Waals surface area contributed by atoms with Gasteiger partial charge in [0.25, 0.3) is 0 Å². The van der Waals surface area contributed by atoms with E-state index in [-0.39, 0.29) is 13.5 Å². The van der Waals surface area contributed by atoms with Crippen LogP contribution in [-0.4, -0.2) is 48.2 Å². The average molecular weight is 162 g/mol. The maximum atomic E-state index is 8.79. The predicted octanol–water partition coefficient (Wildman–Crippen LogP) is -0.812. The summed E-state index contributed by atoms with van der Waals surface area (Å²) in [6.45, 7) is 4.58. The van der Waals surface area contributed by atoms with Gasteiger partial charge in [0, 0.05) is 19.6 Å². The van der Waals surface area contributed by atoms with E-state index in [0.29, 0.717) is 0 Å². The molecule has 0 aromatic heterocycles. The van der Waals surface area contributed by atoms with Gasteiger partial charge in [-0.25, -0.2) is 0 Å². The molecule has 4 nitrogen and oxygen atoms in total. The second kappa shape index (κ2) is 7.94. The zero-order valence-corrected chi connectivity index (χ0v) is 7.08. The van der Waals surface area contributed by atoms with Crippen LogP contribution in [0, 0.1) is 0 Å². The summed E-state index contributed by atoms with van der Waals surface area (Å²) in [5.41, 5.74) is 0. The Bertz CT molecular complexity index is 80.8. The van der Waals surface area contributed by atoms with Crippen molar-refractivity contribution in [2.75, 3.05) is 33.1 Å². The third kappa shape index (κ3) is 6.25. The zero-order chi connectivity index (χ0) is 8.53. The number of rotatable bonds is 7. The summed E-state index contributed by atoms with van der Waals surface area (Å²) in [5, 5.41) is 20.0. The molecule has 68 valence electrons. The first kappa shape index (κ1) is 10.8. The molecule has 0 aromatic carbocycles. The average Bonchev–Trinajstić information content (AvgIpc) is 2.03. The van der Waals surface area contributed by atoms with Crippen molar-refractivity contribution < 1.29 is 10.2 Å². The lowest BCUT2D eigenvalue weighted by Gasteiger charge is -2.17. The van der Waals surface area contributed by atoms with Crippen molar-refractivity contribution in [2.45, 2.75) is 13.3 Å².